The van der Waals surface area contributed by atoms with Crippen LogP contribution in [-0.2, 0) is 71.2 Å². The third-order valence-electron chi connectivity index (χ3n) is 16.2. The van der Waals surface area contributed by atoms with Gasteiger partial charge in [-0.3, -0.25) is 4.79 Å². The lowest BCUT2D eigenvalue weighted by molar-refractivity contribution is -0.356. The summed E-state index contributed by atoms with van der Waals surface area (Å²) in [4.78, 5) is 26.8. The number of rotatable bonds is 11. The second kappa shape index (κ2) is 20.0. The van der Waals surface area contributed by atoms with Gasteiger partial charge >= 0.3 is 11.9 Å². The number of carbonyl (C=O) groups is 2. The summed E-state index contributed by atoms with van der Waals surface area (Å²) in [6.07, 6.45) is -12.0. The molecule has 21 nitrogen and oxygen atoms in total. The van der Waals surface area contributed by atoms with E-state index in [0.717, 1.165) is 5.57 Å². The summed E-state index contributed by atoms with van der Waals surface area (Å²) in [6.45, 7) is 8.64. The Hall–Kier alpha value is -2.26. The summed E-state index contributed by atoms with van der Waals surface area (Å²) in [6, 6.07) is 0. The van der Waals surface area contributed by atoms with Gasteiger partial charge in [0.1, 0.15) is 48.8 Å². The number of hydrogen-bond acceptors (Lipinski definition) is 21. The predicted octanol–water partition coefficient (Wildman–Crippen LogP) is 0.00750. The molecule has 0 spiro atoms. The number of aliphatic hydroxyl groups is 6. The van der Waals surface area contributed by atoms with Crippen LogP contribution >= 0.6 is 0 Å². The SMILES string of the molecule is CO[C@H]1C[C@H](O[C@@H]2CC3=CC[C@@H]4C(=O)O[C@@H]5CO[C@]6(C)OC(=O)/C(=C/C[C@@H]4[C@@]3(C)C[C@H]2O)[C@H]56)O[C@H](C)[C@H]1O[C@H]1C[C@H](O)[C@H](O[C@H]2C[C@@H](OC)[C@@H](O[C@@H]3O[C@H](CO)[C@@H](O)[C@H](O)[C@H]3O)[C@H](C)O2)[C@@H](C)O1. The smallest absolute Gasteiger partial charge is 0.336 e. The van der Waals surface area contributed by atoms with Crippen LogP contribution in [0.2, 0.25) is 0 Å². The van der Waals surface area contributed by atoms with E-state index in [2.05, 4.69) is 13.0 Å². The Morgan fingerprint density at radius 2 is 1.32 bits per heavy atom. The Kier molecular flexibility index (Phi) is 14.9. The molecule has 7 aliphatic heterocycles. The van der Waals surface area contributed by atoms with Crippen molar-refractivity contribution in [1.82, 2.24) is 0 Å². The van der Waals surface area contributed by atoms with Crippen LogP contribution in [0.3, 0.4) is 0 Å². The molecule has 0 aromatic heterocycles. The summed E-state index contributed by atoms with van der Waals surface area (Å²) < 4.78 is 78.8. The number of esters is 2. The van der Waals surface area contributed by atoms with Crippen molar-refractivity contribution in [1.29, 1.82) is 0 Å². The molecule has 0 unspecified atom stereocenters. The standard InChI is InChI=1S/C47H70O21/c1-19-40(65-35-15-30(57-7)42(21(3)61-35)67-45-39(53)38(52)37(51)31(17-48)64-45)26(49)13-33(59-19)66-41-20(2)60-34(14-29(41)56-6)62-28-12-22-8-9-23-25(46(22,4)16-27(28)50)11-10-24-36-32(63-43(23)54)18-58-47(36,5)68-44(24)55/h8,10,19-21,23,25-42,45,48-53H,9,11-18H2,1-7H3/b24-10+/t19-,20-,21+,23+,25+,26+,27-,28-,29+,30-,31-,32-,33+,34+,35+,36-,37-,38+,39-,40-,41-,42+,45+,46+,47-/m1/s1. The van der Waals surface area contributed by atoms with Gasteiger partial charge in [-0.2, -0.15) is 0 Å². The highest BCUT2D eigenvalue weighted by molar-refractivity contribution is 5.92. The lowest BCUT2D eigenvalue weighted by atomic mass is 9.55. The molecule has 0 amide bonds. The molecule has 2 aliphatic carbocycles. The van der Waals surface area contributed by atoms with E-state index in [-0.39, 0.29) is 37.8 Å². The first-order valence-corrected chi connectivity index (χ1v) is 24.1. The van der Waals surface area contributed by atoms with E-state index in [1.165, 1.54) is 7.11 Å². The van der Waals surface area contributed by atoms with E-state index in [1.807, 2.05) is 13.0 Å². The highest BCUT2D eigenvalue weighted by atomic mass is 16.8. The summed E-state index contributed by atoms with van der Waals surface area (Å²) in [7, 11) is 3.05. The van der Waals surface area contributed by atoms with E-state index in [9.17, 15) is 40.2 Å². The summed E-state index contributed by atoms with van der Waals surface area (Å²) in [5.41, 5.74) is 0.974. The molecule has 1 saturated carbocycles. The number of carbonyl (C=O) groups excluding carboxylic acids is 2. The van der Waals surface area contributed by atoms with Crippen molar-refractivity contribution in [2.75, 3.05) is 27.4 Å². The number of ether oxygens (including phenoxy) is 13. The van der Waals surface area contributed by atoms with E-state index in [1.54, 1.807) is 27.9 Å². The average Bonchev–Trinajstić information content (AvgIpc) is 3.76. The van der Waals surface area contributed by atoms with Crippen LogP contribution in [0.15, 0.2) is 23.3 Å². The van der Waals surface area contributed by atoms with Crippen molar-refractivity contribution in [3.8, 4) is 0 Å². The zero-order chi connectivity index (χ0) is 48.6. The van der Waals surface area contributed by atoms with Crippen LogP contribution in [0.5, 0.6) is 0 Å². The molecular weight excluding hydrogens is 900 g/mol. The quantitative estimate of drug-likeness (QED) is 0.118. The Morgan fingerprint density at radius 1 is 0.706 bits per heavy atom. The molecule has 7 heterocycles. The highest BCUT2D eigenvalue weighted by Crippen LogP contribution is 2.57. The fourth-order valence-corrected chi connectivity index (χ4v) is 12.4. The van der Waals surface area contributed by atoms with Crippen LogP contribution in [0.25, 0.3) is 0 Å². The van der Waals surface area contributed by atoms with Crippen molar-refractivity contribution in [3.63, 3.8) is 0 Å². The van der Waals surface area contributed by atoms with Gasteiger partial charge in [0.2, 0.25) is 5.79 Å². The summed E-state index contributed by atoms with van der Waals surface area (Å²) in [5.74, 6) is -3.16. The van der Waals surface area contributed by atoms with Gasteiger partial charge in [0.15, 0.2) is 25.2 Å². The van der Waals surface area contributed by atoms with Gasteiger partial charge in [0.25, 0.3) is 0 Å². The monoisotopic (exact) mass is 970 g/mol. The fraction of sp³-hybridized carbons (Fsp3) is 0.872. The number of hydrogen-bond donors (Lipinski definition) is 6. The maximum Gasteiger partial charge on any atom is 0.336 e. The van der Waals surface area contributed by atoms with Crippen LogP contribution < -0.4 is 0 Å². The number of allylic oxidation sites excluding steroid dienone is 2. The molecule has 25 atom stereocenters. The van der Waals surface area contributed by atoms with E-state index in [4.69, 9.17) is 61.6 Å². The minimum atomic E-state index is -1.61. The molecule has 0 radical (unpaired) electrons. The third-order valence-corrected chi connectivity index (χ3v) is 16.2. The maximum absolute atomic E-state index is 13.8. The van der Waals surface area contributed by atoms with E-state index >= 15 is 0 Å². The van der Waals surface area contributed by atoms with Gasteiger partial charge in [-0.1, -0.05) is 24.6 Å². The largest absolute Gasteiger partial charge is 0.459 e. The summed E-state index contributed by atoms with van der Waals surface area (Å²) in [5, 5.41) is 63.7. The minimum absolute atomic E-state index is 0.0608. The molecule has 68 heavy (non-hydrogen) atoms. The third kappa shape index (κ3) is 9.36. The van der Waals surface area contributed by atoms with E-state index < -0.39 is 158 Å². The first kappa shape index (κ1) is 50.7. The lowest BCUT2D eigenvalue weighted by Crippen LogP contribution is -2.62. The molecule has 0 aromatic carbocycles. The topological polar surface area (TPSA) is 276 Å². The Labute approximate surface area is 395 Å². The highest BCUT2D eigenvalue weighted by Gasteiger charge is 2.62. The van der Waals surface area contributed by atoms with Crippen molar-refractivity contribution in [3.05, 3.63) is 23.3 Å². The molecule has 6 saturated heterocycles. The number of methoxy groups -OCH3 is 2. The molecule has 9 rings (SSSR count). The molecule has 0 aromatic rings. The zero-order valence-electron chi connectivity index (χ0n) is 39.6. The van der Waals surface area contributed by atoms with Gasteiger partial charge in [-0.15, -0.1) is 0 Å². The van der Waals surface area contributed by atoms with Crippen LogP contribution in [0.4, 0.5) is 0 Å². The minimum Gasteiger partial charge on any atom is -0.459 e. The molecular formula is C47H70O21. The van der Waals surface area contributed by atoms with Gasteiger partial charge in [-0.25, -0.2) is 4.79 Å². The maximum atomic E-state index is 13.8. The molecule has 7 fully saturated rings. The van der Waals surface area contributed by atoms with Crippen LogP contribution in [-0.4, -0.2) is 199 Å². The summed E-state index contributed by atoms with van der Waals surface area (Å²) >= 11 is 0. The normalized spacial score (nSPS) is 52.5. The molecule has 9 aliphatic rings. The second-order valence-corrected chi connectivity index (χ2v) is 20.4. The first-order chi connectivity index (χ1) is 32.4. The fourth-order valence-electron chi connectivity index (χ4n) is 12.4. The Bertz CT molecular complexity index is 1870. The first-order valence-electron chi connectivity index (χ1n) is 24.1. The van der Waals surface area contributed by atoms with E-state index in [0.29, 0.717) is 31.3 Å². The molecule has 0 bridgehead atoms. The van der Waals surface area contributed by atoms with Crippen molar-refractivity contribution in [2.24, 2.45) is 23.2 Å². The van der Waals surface area contributed by atoms with Gasteiger partial charge in [0.05, 0.1) is 73.9 Å². The van der Waals surface area contributed by atoms with Gasteiger partial charge in [0, 0.05) is 46.0 Å². The Morgan fingerprint density at radius 3 is 1.97 bits per heavy atom. The van der Waals surface area contributed by atoms with Crippen LogP contribution in [0.1, 0.15) is 79.6 Å². The van der Waals surface area contributed by atoms with Gasteiger partial charge in [-0.05, 0) is 57.8 Å². The van der Waals surface area contributed by atoms with Crippen LogP contribution in [0, 0.1) is 23.2 Å². The number of fused-ring (bicyclic) bond motifs is 3. The van der Waals surface area contributed by atoms with Crippen molar-refractivity contribution >= 4 is 11.9 Å². The zero-order valence-corrected chi connectivity index (χ0v) is 39.6. The van der Waals surface area contributed by atoms with Crippen molar-refractivity contribution in [2.45, 2.75) is 208 Å². The number of aliphatic hydroxyl groups excluding tert-OH is 6. The molecule has 21 heteroatoms. The van der Waals surface area contributed by atoms with Crippen molar-refractivity contribution < 1.29 is 102 Å². The lowest BCUT2D eigenvalue weighted by Gasteiger charge is -2.52. The predicted molar refractivity (Wildman–Crippen MR) is 227 cm³/mol. The molecule has 6 N–H and O–H groups in total. The van der Waals surface area contributed by atoms with Gasteiger partial charge < -0.3 is 92.2 Å². The second-order valence-electron chi connectivity index (χ2n) is 20.4. The Balaban J connectivity index is 0.776. The molecule has 384 valence electrons. The average molecular weight is 971 g/mol.